The molecule has 26 heavy (non-hydrogen) atoms. The van der Waals surface area contributed by atoms with Gasteiger partial charge in [0.2, 0.25) is 5.91 Å². The van der Waals surface area contributed by atoms with E-state index in [1.165, 1.54) is 4.90 Å². The molecule has 1 saturated heterocycles. The lowest BCUT2D eigenvalue weighted by Gasteiger charge is -2.12. The maximum absolute atomic E-state index is 12.4. The Balaban J connectivity index is 1.56. The molecule has 1 aliphatic rings. The van der Waals surface area contributed by atoms with Crippen molar-refractivity contribution in [3.8, 4) is 0 Å². The topological polar surface area (TPSA) is 104 Å². The second-order valence-corrected chi connectivity index (χ2v) is 6.15. The normalized spacial score (nSPS) is 17.0. The number of ether oxygens (including phenoxy) is 1. The van der Waals surface area contributed by atoms with Crippen molar-refractivity contribution in [1.82, 2.24) is 20.5 Å². The van der Waals surface area contributed by atoms with E-state index in [-0.39, 0.29) is 24.8 Å². The van der Waals surface area contributed by atoms with Crippen LogP contribution < -0.4 is 10.6 Å². The lowest BCUT2D eigenvalue weighted by Crippen LogP contribution is -2.37. The van der Waals surface area contributed by atoms with Crippen molar-refractivity contribution in [2.24, 2.45) is 0 Å². The van der Waals surface area contributed by atoms with E-state index in [9.17, 15) is 14.4 Å². The second kappa shape index (κ2) is 8.01. The number of H-pyrrole nitrogens is 1. The van der Waals surface area contributed by atoms with Gasteiger partial charge in [0.25, 0.3) is 5.91 Å². The van der Waals surface area contributed by atoms with Crippen LogP contribution in [0.15, 0.2) is 30.5 Å². The molecule has 0 spiro atoms. The predicted molar refractivity (Wildman–Crippen MR) is 95.5 cm³/mol. The fourth-order valence-corrected chi connectivity index (χ4v) is 3.05. The van der Waals surface area contributed by atoms with E-state index in [2.05, 4.69) is 15.6 Å². The molecule has 0 bridgehead atoms. The van der Waals surface area contributed by atoms with Gasteiger partial charge >= 0.3 is 6.03 Å². The molecule has 1 unspecified atom stereocenters. The van der Waals surface area contributed by atoms with E-state index in [0.717, 1.165) is 16.5 Å². The van der Waals surface area contributed by atoms with Gasteiger partial charge in [-0.3, -0.25) is 14.5 Å². The van der Waals surface area contributed by atoms with Crippen LogP contribution in [0.25, 0.3) is 10.9 Å². The van der Waals surface area contributed by atoms with Gasteiger partial charge in [-0.25, -0.2) is 4.79 Å². The molecule has 8 heteroatoms. The summed E-state index contributed by atoms with van der Waals surface area (Å²) >= 11 is 0. The number of nitrogens with zero attached hydrogens (tertiary/aromatic N) is 1. The lowest BCUT2D eigenvalue weighted by molar-refractivity contribution is -0.130. The van der Waals surface area contributed by atoms with Crippen LogP contribution in [0.2, 0.25) is 0 Å². The summed E-state index contributed by atoms with van der Waals surface area (Å²) < 4.78 is 4.85. The minimum atomic E-state index is -0.812. The maximum Gasteiger partial charge on any atom is 0.324 e. The Labute approximate surface area is 150 Å². The zero-order valence-corrected chi connectivity index (χ0v) is 14.6. The fourth-order valence-electron chi connectivity index (χ4n) is 3.05. The van der Waals surface area contributed by atoms with Crippen LogP contribution in [0.4, 0.5) is 4.79 Å². The molecule has 3 N–H and O–H groups in total. The fraction of sp³-hybridized carbons (Fsp3) is 0.389. The van der Waals surface area contributed by atoms with Crippen molar-refractivity contribution in [1.29, 1.82) is 0 Å². The number of rotatable bonds is 8. The van der Waals surface area contributed by atoms with E-state index in [1.807, 2.05) is 30.5 Å². The van der Waals surface area contributed by atoms with Crippen molar-refractivity contribution in [2.75, 3.05) is 26.8 Å². The number of fused-ring (bicyclic) bond motifs is 1. The van der Waals surface area contributed by atoms with Gasteiger partial charge in [-0.05, 0) is 18.1 Å². The number of methoxy groups -OCH3 is 1. The monoisotopic (exact) mass is 358 g/mol. The van der Waals surface area contributed by atoms with Crippen molar-refractivity contribution in [2.45, 2.75) is 18.9 Å². The van der Waals surface area contributed by atoms with Crippen LogP contribution in [0.1, 0.15) is 12.0 Å². The van der Waals surface area contributed by atoms with E-state index in [1.54, 1.807) is 7.11 Å². The largest absolute Gasteiger partial charge is 0.383 e. The highest BCUT2D eigenvalue weighted by atomic mass is 16.5. The second-order valence-electron chi connectivity index (χ2n) is 6.15. The summed E-state index contributed by atoms with van der Waals surface area (Å²) in [6.45, 7) is 1.04. The van der Waals surface area contributed by atoms with Gasteiger partial charge in [-0.1, -0.05) is 18.2 Å². The van der Waals surface area contributed by atoms with Gasteiger partial charge in [0.15, 0.2) is 0 Å². The summed E-state index contributed by atoms with van der Waals surface area (Å²) in [5.41, 5.74) is 2.06. The minimum absolute atomic E-state index is 0.0716. The summed E-state index contributed by atoms with van der Waals surface area (Å²) in [6.07, 6.45) is 2.37. The Morgan fingerprint density at radius 1 is 1.31 bits per heavy atom. The number of nitrogens with one attached hydrogen (secondary N) is 3. The molecule has 0 radical (unpaired) electrons. The van der Waals surface area contributed by atoms with Crippen LogP contribution in [0, 0.1) is 0 Å². The van der Waals surface area contributed by atoms with Gasteiger partial charge in [0, 0.05) is 37.3 Å². The van der Waals surface area contributed by atoms with E-state index >= 15 is 0 Å². The molecule has 8 nitrogen and oxygen atoms in total. The minimum Gasteiger partial charge on any atom is -0.383 e. The first-order chi connectivity index (χ1) is 12.6. The number of aromatic amines is 1. The number of para-hydroxylation sites is 1. The lowest BCUT2D eigenvalue weighted by atomic mass is 10.1. The number of aromatic nitrogens is 1. The first-order valence-corrected chi connectivity index (χ1v) is 8.52. The van der Waals surface area contributed by atoms with Crippen molar-refractivity contribution in [3.63, 3.8) is 0 Å². The smallest absolute Gasteiger partial charge is 0.324 e. The Hall–Kier alpha value is -2.87. The summed E-state index contributed by atoms with van der Waals surface area (Å²) in [5, 5.41) is 6.30. The average Bonchev–Trinajstić information content (AvgIpc) is 3.15. The molecule has 4 amide bonds. The summed E-state index contributed by atoms with van der Waals surface area (Å²) in [4.78, 5) is 40.7. The highest BCUT2D eigenvalue weighted by Gasteiger charge is 2.38. The van der Waals surface area contributed by atoms with Crippen molar-refractivity contribution >= 4 is 28.7 Å². The SMILES string of the molecule is COCCNC(=O)CC1NC(=O)N(CCc2c[nH]c3ccccc23)C1=O. The van der Waals surface area contributed by atoms with Crippen LogP contribution in [0.3, 0.4) is 0 Å². The molecule has 2 heterocycles. The number of amides is 4. The molecule has 1 atom stereocenters. The summed E-state index contributed by atoms with van der Waals surface area (Å²) in [7, 11) is 1.54. The Morgan fingerprint density at radius 2 is 2.12 bits per heavy atom. The Bertz CT molecular complexity index is 816. The first-order valence-electron chi connectivity index (χ1n) is 8.52. The van der Waals surface area contributed by atoms with Gasteiger partial charge in [0.1, 0.15) is 6.04 Å². The number of imide groups is 1. The molecular weight excluding hydrogens is 336 g/mol. The number of hydrogen-bond donors (Lipinski definition) is 3. The first kappa shape index (κ1) is 17.9. The van der Waals surface area contributed by atoms with E-state index in [4.69, 9.17) is 4.74 Å². The zero-order valence-electron chi connectivity index (χ0n) is 14.6. The molecule has 0 saturated carbocycles. The molecule has 2 aromatic rings. The number of benzene rings is 1. The molecule has 1 aromatic heterocycles. The Morgan fingerprint density at radius 3 is 2.92 bits per heavy atom. The van der Waals surface area contributed by atoms with Crippen LogP contribution in [-0.4, -0.2) is 60.6 Å². The van der Waals surface area contributed by atoms with Gasteiger partial charge in [-0.2, -0.15) is 0 Å². The molecular formula is C18H22N4O4. The highest BCUT2D eigenvalue weighted by molar-refractivity contribution is 6.05. The molecule has 3 rings (SSSR count). The number of urea groups is 1. The molecule has 1 aliphatic heterocycles. The van der Waals surface area contributed by atoms with Crippen molar-refractivity contribution < 1.29 is 19.1 Å². The molecule has 138 valence electrons. The Kier molecular flexibility index (Phi) is 5.52. The summed E-state index contributed by atoms with van der Waals surface area (Å²) in [5.74, 6) is -0.657. The average molecular weight is 358 g/mol. The molecule has 1 aromatic carbocycles. The highest BCUT2D eigenvalue weighted by Crippen LogP contribution is 2.19. The molecule has 0 aliphatic carbocycles. The third kappa shape index (κ3) is 3.85. The van der Waals surface area contributed by atoms with Gasteiger partial charge < -0.3 is 20.4 Å². The van der Waals surface area contributed by atoms with Crippen molar-refractivity contribution in [3.05, 3.63) is 36.0 Å². The van der Waals surface area contributed by atoms with Crippen LogP contribution >= 0.6 is 0 Å². The van der Waals surface area contributed by atoms with E-state index in [0.29, 0.717) is 19.6 Å². The summed E-state index contributed by atoms with van der Waals surface area (Å²) in [6, 6.07) is 6.61. The van der Waals surface area contributed by atoms with Gasteiger partial charge in [-0.15, -0.1) is 0 Å². The molecule has 1 fully saturated rings. The maximum atomic E-state index is 12.4. The predicted octanol–water partition coefficient (Wildman–Crippen LogP) is 0.784. The zero-order chi connectivity index (χ0) is 18.5. The number of hydrogen-bond acceptors (Lipinski definition) is 4. The standard InChI is InChI=1S/C18H22N4O4/c1-26-9-7-19-16(23)10-15-17(24)22(18(25)21-15)8-6-12-11-20-14-5-3-2-4-13(12)14/h2-5,11,15,20H,6-10H2,1H3,(H,19,23)(H,21,25). The third-order valence-corrected chi connectivity index (χ3v) is 4.40. The van der Waals surface area contributed by atoms with Gasteiger partial charge in [0.05, 0.1) is 13.0 Å². The third-order valence-electron chi connectivity index (χ3n) is 4.40. The number of carbonyl (C=O) groups excluding carboxylic acids is 3. The quantitative estimate of drug-likeness (QED) is 0.479. The van der Waals surface area contributed by atoms with E-state index < -0.39 is 12.1 Å². The van der Waals surface area contributed by atoms with Crippen LogP contribution in [0.5, 0.6) is 0 Å². The number of carbonyl (C=O) groups is 3. The van der Waals surface area contributed by atoms with Crippen LogP contribution in [-0.2, 0) is 20.7 Å².